The highest BCUT2D eigenvalue weighted by atomic mass is 19.1. The summed E-state index contributed by atoms with van der Waals surface area (Å²) in [5, 5.41) is 20.4. The molecule has 0 spiro atoms. The SMILES string of the molecule is CC1=C2[C@@H](CC/C(=C/c3ccc(O)c(F)c3)c3ccccn3)OB(O)C[C@@H]2[C@@H]2C(=O)c3ccccc3C(=O)[C@@H]2C1. The van der Waals surface area contributed by atoms with Gasteiger partial charge < -0.3 is 14.8 Å². The third-order valence-electron chi connectivity index (χ3n) is 8.49. The molecule has 1 aliphatic heterocycles. The first-order valence-electron chi connectivity index (χ1n) is 13.6. The average Bonchev–Trinajstić information content (AvgIpc) is 2.95. The molecular weight excluding hydrogens is 508 g/mol. The summed E-state index contributed by atoms with van der Waals surface area (Å²) in [4.78, 5) is 31.6. The highest BCUT2D eigenvalue weighted by molar-refractivity contribution is 6.43. The quantitative estimate of drug-likeness (QED) is 0.317. The van der Waals surface area contributed by atoms with Gasteiger partial charge in [0.15, 0.2) is 23.1 Å². The first-order chi connectivity index (χ1) is 19.3. The number of allylic oxidation sites excluding steroid dienone is 2. The lowest BCUT2D eigenvalue weighted by molar-refractivity contribution is 0.0602. The van der Waals surface area contributed by atoms with Gasteiger partial charge in [0, 0.05) is 29.2 Å². The van der Waals surface area contributed by atoms with Gasteiger partial charge >= 0.3 is 7.12 Å². The monoisotopic (exact) mass is 537 g/mol. The van der Waals surface area contributed by atoms with Crippen molar-refractivity contribution in [2.75, 3.05) is 0 Å². The Bertz CT molecular complexity index is 1550. The van der Waals surface area contributed by atoms with E-state index in [1.165, 1.54) is 12.1 Å². The second-order valence-corrected chi connectivity index (χ2v) is 10.9. The number of Topliss-reactive ketones (excluding diaryl/α,β-unsaturated/α-hetero) is 2. The highest BCUT2D eigenvalue weighted by Gasteiger charge is 2.52. The van der Waals surface area contributed by atoms with Gasteiger partial charge in [0.1, 0.15) is 0 Å². The molecule has 3 aromatic rings. The molecule has 1 aromatic heterocycles. The van der Waals surface area contributed by atoms with Crippen LogP contribution in [0.15, 0.2) is 78.0 Å². The van der Waals surface area contributed by atoms with Crippen LogP contribution in [0.2, 0.25) is 6.32 Å². The zero-order valence-corrected chi connectivity index (χ0v) is 22.1. The Labute approximate surface area is 232 Å². The molecule has 2 aromatic carbocycles. The van der Waals surface area contributed by atoms with Gasteiger partial charge in [-0.2, -0.15) is 0 Å². The molecule has 202 valence electrons. The molecule has 2 aliphatic carbocycles. The lowest BCUT2D eigenvalue weighted by Crippen LogP contribution is -2.50. The summed E-state index contributed by atoms with van der Waals surface area (Å²) in [6.07, 6.45) is 4.83. The lowest BCUT2D eigenvalue weighted by atomic mass is 9.54. The standard InChI is InChI=1S/C32H29BFNO5/c1-18-14-23-30(32(38)22-7-3-2-6-21(22)31(23)37)24-17-33(39)40-28(29(18)24)12-10-20(26-8-4-5-13-35-26)15-19-9-11-27(36)25(34)16-19/h2-9,11,13,15-16,23-24,28,30,36,39H,10,12,14,17H2,1H3/b20-15-/t23-,24+,28-,30-/m1/s1. The second-order valence-electron chi connectivity index (χ2n) is 10.9. The van der Waals surface area contributed by atoms with Crippen molar-refractivity contribution in [1.82, 2.24) is 4.98 Å². The summed E-state index contributed by atoms with van der Waals surface area (Å²) < 4.78 is 20.1. The molecule has 6 nitrogen and oxygen atoms in total. The zero-order chi connectivity index (χ0) is 28.0. The molecule has 2 N–H and O–H groups in total. The van der Waals surface area contributed by atoms with Gasteiger partial charge in [0.05, 0.1) is 11.8 Å². The maximum Gasteiger partial charge on any atom is 0.455 e. The molecule has 0 saturated carbocycles. The predicted octanol–water partition coefficient (Wildman–Crippen LogP) is 5.77. The number of aromatic nitrogens is 1. The molecule has 1 fully saturated rings. The number of hydrogen-bond acceptors (Lipinski definition) is 6. The molecule has 4 atom stereocenters. The highest BCUT2D eigenvalue weighted by Crippen LogP contribution is 2.50. The molecule has 2 heterocycles. The van der Waals surface area contributed by atoms with E-state index < -0.39 is 36.6 Å². The number of phenolic OH excluding ortho intramolecular Hbond substituents is 1. The Morgan fingerprint density at radius 2 is 1.82 bits per heavy atom. The van der Waals surface area contributed by atoms with E-state index in [1.54, 1.807) is 36.5 Å². The molecule has 3 aliphatic rings. The van der Waals surface area contributed by atoms with Gasteiger partial charge in [0.2, 0.25) is 0 Å². The number of ketones is 2. The number of pyridine rings is 1. The van der Waals surface area contributed by atoms with E-state index in [0.29, 0.717) is 36.0 Å². The molecule has 0 amide bonds. The first-order valence-corrected chi connectivity index (χ1v) is 13.6. The van der Waals surface area contributed by atoms with Crippen LogP contribution >= 0.6 is 0 Å². The smallest absolute Gasteiger partial charge is 0.455 e. The number of halogens is 1. The first kappa shape index (κ1) is 26.4. The number of carbonyl (C=O) groups is 2. The number of rotatable bonds is 5. The number of aromatic hydroxyl groups is 1. The molecular formula is C32H29BFNO5. The van der Waals surface area contributed by atoms with E-state index in [2.05, 4.69) is 4.98 Å². The summed E-state index contributed by atoms with van der Waals surface area (Å²) in [5.74, 6) is -2.40. The summed E-state index contributed by atoms with van der Waals surface area (Å²) in [6.45, 7) is 2.00. The Hall–Kier alpha value is -3.88. The minimum absolute atomic E-state index is 0.00219. The van der Waals surface area contributed by atoms with Crippen LogP contribution in [-0.2, 0) is 4.65 Å². The van der Waals surface area contributed by atoms with Gasteiger partial charge in [0.25, 0.3) is 0 Å². The van der Waals surface area contributed by atoms with Crippen molar-refractivity contribution in [1.29, 1.82) is 0 Å². The average molecular weight is 537 g/mol. The van der Waals surface area contributed by atoms with Crippen LogP contribution < -0.4 is 0 Å². The van der Waals surface area contributed by atoms with Gasteiger partial charge in [-0.05, 0) is 85.5 Å². The number of nitrogens with zero attached hydrogens (tertiary/aromatic N) is 1. The lowest BCUT2D eigenvalue weighted by Gasteiger charge is -2.47. The van der Waals surface area contributed by atoms with Gasteiger partial charge in [-0.15, -0.1) is 0 Å². The van der Waals surface area contributed by atoms with Crippen LogP contribution in [0.1, 0.15) is 58.2 Å². The molecule has 1 saturated heterocycles. The van der Waals surface area contributed by atoms with E-state index in [9.17, 15) is 24.1 Å². The fourth-order valence-corrected chi connectivity index (χ4v) is 6.75. The maximum atomic E-state index is 14.1. The molecule has 0 radical (unpaired) electrons. The van der Waals surface area contributed by atoms with Gasteiger partial charge in [-0.3, -0.25) is 14.6 Å². The number of carbonyl (C=O) groups excluding carboxylic acids is 2. The van der Waals surface area contributed by atoms with Gasteiger partial charge in [-0.1, -0.05) is 42.0 Å². The largest absolute Gasteiger partial charge is 0.505 e. The van der Waals surface area contributed by atoms with Crippen molar-refractivity contribution in [2.45, 2.75) is 38.6 Å². The second kappa shape index (κ2) is 10.6. The summed E-state index contributed by atoms with van der Waals surface area (Å²) in [5.41, 5.74) is 5.14. The van der Waals surface area contributed by atoms with Crippen molar-refractivity contribution in [2.24, 2.45) is 17.8 Å². The van der Waals surface area contributed by atoms with Crippen molar-refractivity contribution < 1.29 is 28.8 Å². The van der Waals surface area contributed by atoms with Crippen molar-refractivity contribution in [3.05, 3.63) is 106 Å². The third kappa shape index (κ3) is 4.71. The number of benzene rings is 2. The summed E-state index contributed by atoms with van der Waals surface area (Å²) in [7, 11) is -1.06. The summed E-state index contributed by atoms with van der Waals surface area (Å²) >= 11 is 0. The van der Waals surface area contributed by atoms with Crippen LogP contribution in [0, 0.1) is 23.6 Å². The zero-order valence-electron chi connectivity index (χ0n) is 22.1. The van der Waals surface area contributed by atoms with E-state index in [-0.39, 0.29) is 23.8 Å². The van der Waals surface area contributed by atoms with E-state index in [0.717, 1.165) is 22.4 Å². The molecule has 8 heteroatoms. The van der Waals surface area contributed by atoms with Crippen LogP contribution in [0.25, 0.3) is 11.6 Å². The Kier molecular flexibility index (Phi) is 6.98. The number of hydrogen-bond donors (Lipinski definition) is 2. The minimum Gasteiger partial charge on any atom is -0.505 e. The number of phenols is 1. The van der Waals surface area contributed by atoms with Crippen LogP contribution in [0.3, 0.4) is 0 Å². The van der Waals surface area contributed by atoms with E-state index in [1.807, 2.05) is 31.2 Å². The van der Waals surface area contributed by atoms with E-state index in [4.69, 9.17) is 4.65 Å². The van der Waals surface area contributed by atoms with Gasteiger partial charge in [-0.25, -0.2) is 4.39 Å². The Balaban J connectivity index is 1.32. The topological polar surface area (TPSA) is 96.7 Å². The fraction of sp³-hybridized carbons (Fsp3) is 0.281. The summed E-state index contributed by atoms with van der Waals surface area (Å²) in [6, 6.07) is 16.8. The van der Waals surface area contributed by atoms with Crippen molar-refractivity contribution >= 4 is 30.3 Å². The van der Waals surface area contributed by atoms with Crippen molar-refractivity contribution in [3.63, 3.8) is 0 Å². The predicted molar refractivity (Wildman–Crippen MR) is 150 cm³/mol. The normalized spacial score (nSPS) is 24.5. The Morgan fingerprint density at radius 1 is 1.07 bits per heavy atom. The van der Waals surface area contributed by atoms with E-state index >= 15 is 0 Å². The van der Waals surface area contributed by atoms with Crippen LogP contribution in [0.4, 0.5) is 4.39 Å². The number of fused-ring (bicyclic) bond motifs is 4. The molecule has 0 bridgehead atoms. The van der Waals surface area contributed by atoms with Crippen LogP contribution in [0.5, 0.6) is 5.75 Å². The van der Waals surface area contributed by atoms with Crippen LogP contribution in [-0.4, -0.2) is 39.9 Å². The minimum atomic E-state index is -1.06. The molecule has 40 heavy (non-hydrogen) atoms. The maximum absolute atomic E-state index is 14.1. The molecule has 0 unspecified atom stereocenters. The fourth-order valence-electron chi connectivity index (χ4n) is 6.75. The van der Waals surface area contributed by atoms with Crippen molar-refractivity contribution in [3.8, 4) is 5.75 Å². The molecule has 6 rings (SSSR count). The Morgan fingerprint density at radius 3 is 2.55 bits per heavy atom. The third-order valence-corrected chi connectivity index (χ3v) is 8.49.